The normalized spacial score (nSPS) is 38.3. The Bertz CT molecular complexity index is 501. The van der Waals surface area contributed by atoms with Crippen molar-refractivity contribution < 1.29 is 0 Å². The van der Waals surface area contributed by atoms with Gasteiger partial charge in [-0.05, 0) is 32.6 Å². The van der Waals surface area contributed by atoms with Crippen molar-refractivity contribution in [3.05, 3.63) is 21.6 Å². The number of hydrogen-bond acceptors (Lipinski definition) is 3. The highest BCUT2D eigenvalue weighted by Crippen LogP contribution is 2.70. The molecule has 0 aromatic rings. The van der Waals surface area contributed by atoms with Gasteiger partial charge in [-0.3, -0.25) is 0 Å². The minimum Gasteiger partial charge on any atom is -0.193 e. The second-order valence-corrected chi connectivity index (χ2v) is 6.05. The molecule has 0 bridgehead atoms. The predicted octanol–water partition coefficient (Wildman–Crippen LogP) is 3.15. The van der Waals surface area contributed by atoms with Crippen LogP contribution in [-0.2, 0) is 0 Å². The fourth-order valence-electron chi connectivity index (χ4n) is 2.68. The smallest absolute Gasteiger partial charge is 0.0973 e. The molecule has 0 spiro atoms. The molecule has 0 aromatic carbocycles. The summed E-state index contributed by atoms with van der Waals surface area (Å²) >= 11 is 1.72. The molecule has 76 valence electrons. The topological polar surface area (TPSA) is 47.6 Å². The van der Waals surface area contributed by atoms with Gasteiger partial charge in [0.1, 0.15) is 0 Å². The maximum Gasteiger partial charge on any atom is 0.0973 e. The van der Waals surface area contributed by atoms with Crippen molar-refractivity contribution in [3.63, 3.8) is 0 Å². The van der Waals surface area contributed by atoms with Gasteiger partial charge < -0.3 is 0 Å². The summed E-state index contributed by atoms with van der Waals surface area (Å²) in [5.74, 6) is 0. The third-order valence-electron chi connectivity index (χ3n) is 4.04. The zero-order chi connectivity index (χ0) is 11.4. The summed E-state index contributed by atoms with van der Waals surface area (Å²) in [7, 11) is 0. The summed E-state index contributed by atoms with van der Waals surface area (Å²) in [6, 6.07) is 4.39. The summed E-state index contributed by atoms with van der Waals surface area (Å²) in [4.78, 5) is 1.25. The molecule has 0 amide bonds. The van der Waals surface area contributed by atoms with E-state index in [1.807, 2.05) is 0 Å². The largest absolute Gasteiger partial charge is 0.193 e. The van der Waals surface area contributed by atoms with Gasteiger partial charge in [0, 0.05) is 5.41 Å². The number of rotatable bonds is 0. The molecular formula is C12H12N2S. The van der Waals surface area contributed by atoms with Crippen LogP contribution in [0.3, 0.4) is 0 Å². The van der Waals surface area contributed by atoms with Crippen LogP contribution >= 0.6 is 11.8 Å². The Balaban J connectivity index is 2.69. The van der Waals surface area contributed by atoms with Crippen LogP contribution in [0.2, 0.25) is 0 Å². The molecule has 2 unspecified atom stereocenters. The Labute approximate surface area is 94.3 Å². The highest BCUT2D eigenvalue weighted by atomic mass is 32.2. The maximum absolute atomic E-state index is 9.13. The molecule has 1 heterocycles. The van der Waals surface area contributed by atoms with Crippen LogP contribution in [0.4, 0.5) is 0 Å². The Hall–Kier alpha value is -1.19. The van der Waals surface area contributed by atoms with Crippen molar-refractivity contribution in [2.24, 2.45) is 5.41 Å². The van der Waals surface area contributed by atoms with E-state index in [1.54, 1.807) is 11.8 Å². The Morgan fingerprint density at radius 1 is 1.07 bits per heavy atom. The molecule has 2 nitrogen and oxygen atoms in total. The van der Waals surface area contributed by atoms with Crippen molar-refractivity contribution in [1.29, 1.82) is 10.5 Å². The van der Waals surface area contributed by atoms with Gasteiger partial charge in [0.25, 0.3) is 0 Å². The van der Waals surface area contributed by atoms with Gasteiger partial charge >= 0.3 is 0 Å². The van der Waals surface area contributed by atoms with E-state index in [4.69, 9.17) is 10.5 Å². The lowest BCUT2D eigenvalue weighted by atomic mass is 9.55. The van der Waals surface area contributed by atoms with Crippen LogP contribution in [0.15, 0.2) is 21.6 Å². The first-order valence-electron chi connectivity index (χ1n) is 4.86. The number of thioether (sulfide) groups is 1. The molecular weight excluding hydrogens is 204 g/mol. The average molecular weight is 216 g/mol. The van der Waals surface area contributed by atoms with Crippen LogP contribution in [0.5, 0.6) is 0 Å². The maximum atomic E-state index is 9.13. The number of nitrogens with zero attached hydrogens (tertiary/aromatic N) is 2. The van der Waals surface area contributed by atoms with Crippen molar-refractivity contribution in [2.75, 3.05) is 0 Å². The van der Waals surface area contributed by atoms with Crippen molar-refractivity contribution in [2.45, 2.75) is 32.4 Å². The summed E-state index contributed by atoms with van der Waals surface area (Å²) in [5, 5.41) is 18.2. The van der Waals surface area contributed by atoms with Gasteiger partial charge in [-0.1, -0.05) is 5.57 Å². The summed E-state index contributed by atoms with van der Waals surface area (Å²) in [6.45, 7) is 8.28. The van der Waals surface area contributed by atoms with E-state index in [1.165, 1.54) is 10.5 Å². The van der Waals surface area contributed by atoms with Gasteiger partial charge in [-0.25, -0.2) is 0 Å². The van der Waals surface area contributed by atoms with Gasteiger partial charge in [0.15, 0.2) is 0 Å². The Morgan fingerprint density at radius 3 is 2.07 bits per heavy atom. The van der Waals surface area contributed by atoms with E-state index in [0.717, 1.165) is 0 Å². The molecule has 2 atom stereocenters. The molecule has 15 heavy (non-hydrogen) atoms. The highest BCUT2D eigenvalue weighted by molar-refractivity contribution is 8.05. The third kappa shape index (κ3) is 0.817. The number of fused-ring (bicyclic) bond motifs is 1. The Kier molecular flexibility index (Phi) is 1.85. The van der Waals surface area contributed by atoms with Crippen LogP contribution < -0.4 is 0 Å². The van der Waals surface area contributed by atoms with Gasteiger partial charge in [-0.2, -0.15) is 10.5 Å². The minimum absolute atomic E-state index is 0.207. The average Bonchev–Trinajstić information content (AvgIpc) is 2.33. The SMILES string of the molecule is CC1=C(C)C2(C)C(C#N)=C(C#N)C2(C)S1. The van der Waals surface area contributed by atoms with Gasteiger partial charge in [0.05, 0.1) is 28.0 Å². The lowest BCUT2D eigenvalue weighted by Crippen LogP contribution is -2.51. The summed E-state index contributed by atoms with van der Waals surface area (Å²) < 4.78 is -0.207. The van der Waals surface area contributed by atoms with Crippen molar-refractivity contribution >= 4 is 11.8 Å². The molecule has 2 aliphatic rings. The molecule has 0 fully saturated rings. The standard InChI is InChI=1S/C12H12N2S/c1-7-8(2)15-12(4)10(6-14)9(5-13)11(7,12)3/h1-4H3. The second kappa shape index (κ2) is 2.68. The predicted molar refractivity (Wildman–Crippen MR) is 60.7 cm³/mol. The van der Waals surface area contributed by atoms with Crippen LogP contribution in [-0.4, -0.2) is 4.75 Å². The zero-order valence-corrected chi connectivity index (χ0v) is 10.1. The van der Waals surface area contributed by atoms with E-state index in [2.05, 4.69) is 39.8 Å². The van der Waals surface area contributed by atoms with E-state index in [9.17, 15) is 0 Å². The molecule has 0 radical (unpaired) electrons. The lowest BCUT2D eigenvalue weighted by Gasteiger charge is -2.50. The molecule has 0 saturated heterocycles. The first kappa shape index (κ1) is 10.3. The van der Waals surface area contributed by atoms with E-state index < -0.39 is 0 Å². The van der Waals surface area contributed by atoms with Crippen LogP contribution in [0.1, 0.15) is 27.7 Å². The number of allylic oxidation sites excluding steroid dienone is 3. The molecule has 0 saturated carbocycles. The van der Waals surface area contributed by atoms with Gasteiger partial charge in [-0.15, -0.1) is 11.8 Å². The van der Waals surface area contributed by atoms with Gasteiger partial charge in [0.2, 0.25) is 0 Å². The molecule has 2 rings (SSSR count). The van der Waals surface area contributed by atoms with Crippen molar-refractivity contribution in [1.82, 2.24) is 0 Å². The van der Waals surface area contributed by atoms with Crippen LogP contribution in [0, 0.1) is 28.1 Å². The van der Waals surface area contributed by atoms with Crippen LogP contribution in [0.25, 0.3) is 0 Å². The molecule has 1 aliphatic heterocycles. The molecule has 0 aromatic heterocycles. The lowest BCUT2D eigenvalue weighted by molar-refractivity contribution is 0.358. The Morgan fingerprint density at radius 2 is 1.60 bits per heavy atom. The first-order valence-corrected chi connectivity index (χ1v) is 5.67. The molecule has 0 N–H and O–H groups in total. The second-order valence-electron chi connectivity index (χ2n) is 4.42. The summed E-state index contributed by atoms with van der Waals surface area (Å²) in [5.41, 5.74) is 2.34. The quantitative estimate of drug-likeness (QED) is 0.625. The summed E-state index contributed by atoms with van der Waals surface area (Å²) in [6.07, 6.45) is 0. The number of nitriles is 2. The fraction of sp³-hybridized carbons (Fsp3) is 0.500. The third-order valence-corrected chi connectivity index (χ3v) is 5.67. The molecule has 1 aliphatic carbocycles. The van der Waals surface area contributed by atoms with E-state index in [-0.39, 0.29) is 10.2 Å². The highest BCUT2D eigenvalue weighted by Gasteiger charge is 2.65. The molecule has 3 heteroatoms. The minimum atomic E-state index is -0.221. The van der Waals surface area contributed by atoms with E-state index in [0.29, 0.717) is 11.1 Å². The van der Waals surface area contributed by atoms with Crippen molar-refractivity contribution in [3.8, 4) is 12.1 Å². The first-order chi connectivity index (χ1) is 6.93. The fourth-order valence-corrected chi connectivity index (χ4v) is 4.36. The van der Waals surface area contributed by atoms with E-state index >= 15 is 0 Å². The number of hydrogen-bond donors (Lipinski definition) is 0. The monoisotopic (exact) mass is 216 g/mol. The zero-order valence-electron chi connectivity index (χ0n) is 9.30.